The van der Waals surface area contributed by atoms with Gasteiger partial charge in [-0.05, 0) is 55.5 Å². The molecular weight excluding hydrogens is 839 g/mol. The Hall–Kier alpha value is -5.44. The van der Waals surface area contributed by atoms with Crippen LogP contribution >= 0.6 is 23.2 Å². The molecule has 296 valence electrons. The van der Waals surface area contributed by atoms with E-state index in [1.165, 1.54) is 48.8 Å². The third kappa shape index (κ3) is 9.86. The number of aromatic amines is 2. The highest BCUT2D eigenvalue weighted by Crippen LogP contribution is 2.31. The van der Waals surface area contributed by atoms with Crippen LogP contribution < -0.4 is 14.2 Å². The molecule has 56 heavy (non-hydrogen) atoms. The number of nitrogens with one attached hydrogen (secondary N) is 4. The fourth-order valence-electron chi connectivity index (χ4n) is 4.86. The van der Waals surface area contributed by atoms with Crippen molar-refractivity contribution in [3.05, 3.63) is 112 Å². The second-order valence-corrected chi connectivity index (χ2v) is 15.3. The molecule has 0 spiro atoms. The predicted molar refractivity (Wildman–Crippen MR) is 196 cm³/mol. The molecule has 6 rings (SSSR count). The maximum Gasteiger partial charge on any atom is 0.330 e. The standard InChI is InChI=1S/C18H14ClF2N3O4S.C16H11ClF4N2O3S/c1-2-28-16(25)6-3-10-7-13(20)18(23-17(10)21)24-29(26,27)15-9-22-14-8-11(19)4-5-12(14)15;17-8-1-2-9-12(3-8)22-6-15(9)27(24,25)23-13-4-11(19)14(5-10(13)18)26-7-16(20)21/h3-9,22H,2H2,1H3,(H,23,24);1-6,16,22-23H,7H2/b6-3+;. The minimum Gasteiger partial charge on any atom is -0.484 e. The number of hydrogen-bond donors (Lipinski definition) is 4. The SMILES string of the molecule is CCOC(=O)/C=C/c1cc(F)c(NS(=O)(=O)c2c[nH]c3cc(Cl)ccc23)nc1F.O=S(=O)(Nc1cc(F)c(OCC(F)F)cc1F)c1c[nH]c2cc(Cl)ccc12. The minimum absolute atomic E-state index is 0.124. The lowest BCUT2D eigenvalue weighted by atomic mass is 10.2. The number of carbonyl (C=O) groups is 1. The molecule has 3 aromatic heterocycles. The number of nitrogens with zero attached hydrogens (tertiary/aromatic N) is 1. The Balaban J connectivity index is 0.000000215. The van der Waals surface area contributed by atoms with Gasteiger partial charge in [0.15, 0.2) is 29.0 Å². The topological polar surface area (TPSA) is 172 Å². The molecule has 0 fully saturated rings. The second kappa shape index (κ2) is 17.1. The van der Waals surface area contributed by atoms with Crippen molar-refractivity contribution in [3.63, 3.8) is 0 Å². The van der Waals surface area contributed by atoms with Gasteiger partial charge in [-0.25, -0.2) is 43.6 Å². The summed E-state index contributed by atoms with van der Waals surface area (Å²) in [5.74, 6) is -6.99. The molecule has 0 aliphatic heterocycles. The molecule has 6 aromatic rings. The Kier molecular flexibility index (Phi) is 12.8. The van der Waals surface area contributed by atoms with Crippen molar-refractivity contribution in [2.24, 2.45) is 0 Å². The monoisotopic (exact) mass is 863 g/mol. The number of fused-ring (bicyclic) bond motifs is 2. The van der Waals surface area contributed by atoms with E-state index in [1.54, 1.807) is 6.92 Å². The molecule has 3 aromatic carbocycles. The molecule has 0 aliphatic carbocycles. The molecule has 3 heterocycles. The molecule has 0 amide bonds. The Bertz CT molecular complexity index is 2700. The van der Waals surface area contributed by atoms with Crippen LogP contribution in [0.1, 0.15) is 12.5 Å². The summed E-state index contributed by atoms with van der Waals surface area (Å²) in [4.78, 5) is 19.7. The first-order valence-corrected chi connectivity index (χ1v) is 19.3. The molecular formula is C34H25Cl2F6N5O7S2. The summed E-state index contributed by atoms with van der Waals surface area (Å²) in [6, 6.07) is 10.7. The maximum absolute atomic E-state index is 14.3. The van der Waals surface area contributed by atoms with Crippen LogP contribution in [-0.4, -0.2) is 57.4 Å². The van der Waals surface area contributed by atoms with E-state index in [0.717, 1.165) is 12.2 Å². The van der Waals surface area contributed by atoms with Gasteiger partial charge in [-0.1, -0.05) is 23.2 Å². The van der Waals surface area contributed by atoms with Crippen LogP contribution in [-0.2, 0) is 29.6 Å². The number of sulfonamides is 2. The summed E-state index contributed by atoms with van der Waals surface area (Å²) in [6.45, 7) is 0.592. The van der Waals surface area contributed by atoms with E-state index in [2.05, 4.69) is 24.4 Å². The fraction of sp³-hybridized carbons (Fsp3) is 0.118. The highest BCUT2D eigenvalue weighted by molar-refractivity contribution is 7.93. The number of halogens is 8. The maximum atomic E-state index is 14.3. The third-order valence-electron chi connectivity index (χ3n) is 7.29. The van der Waals surface area contributed by atoms with Crippen LogP contribution in [0.2, 0.25) is 10.0 Å². The number of benzene rings is 3. The van der Waals surface area contributed by atoms with Crippen molar-refractivity contribution in [2.45, 2.75) is 23.1 Å². The average Bonchev–Trinajstić information content (AvgIpc) is 3.75. The number of H-pyrrole nitrogens is 2. The van der Waals surface area contributed by atoms with Gasteiger partial charge >= 0.3 is 5.97 Å². The summed E-state index contributed by atoms with van der Waals surface area (Å²) in [5, 5.41) is 1.40. The normalized spacial score (nSPS) is 11.9. The van der Waals surface area contributed by atoms with E-state index in [-0.39, 0.29) is 22.0 Å². The zero-order valence-electron chi connectivity index (χ0n) is 28.1. The Morgan fingerprint density at radius 2 is 1.39 bits per heavy atom. The van der Waals surface area contributed by atoms with Crippen molar-refractivity contribution < 1.29 is 57.4 Å². The van der Waals surface area contributed by atoms with Gasteiger partial charge in [0.25, 0.3) is 26.5 Å². The predicted octanol–water partition coefficient (Wildman–Crippen LogP) is 8.42. The summed E-state index contributed by atoms with van der Waals surface area (Å²) in [5.41, 5.74) is -0.150. The fourth-order valence-corrected chi connectivity index (χ4v) is 7.63. The Morgan fingerprint density at radius 3 is 1.95 bits per heavy atom. The number of esters is 1. The molecule has 22 heteroatoms. The number of alkyl halides is 2. The van der Waals surface area contributed by atoms with Crippen LogP contribution in [0.25, 0.3) is 27.9 Å². The largest absolute Gasteiger partial charge is 0.484 e. The number of aromatic nitrogens is 3. The van der Waals surface area contributed by atoms with E-state index in [0.29, 0.717) is 50.1 Å². The van der Waals surface area contributed by atoms with Gasteiger partial charge in [0.1, 0.15) is 16.4 Å². The van der Waals surface area contributed by atoms with Gasteiger partial charge in [-0.3, -0.25) is 9.44 Å². The average molecular weight is 865 g/mol. The molecule has 0 atom stereocenters. The molecule has 0 aliphatic rings. The first kappa shape index (κ1) is 41.7. The first-order chi connectivity index (χ1) is 26.4. The Morgan fingerprint density at radius 1 is 0.821 bits per heavy atom. The van der Waals surface area contributed by atoms with Crippen LogP contribution in [0.3, 0.4) is 0 Å². The van der Waals surface area contributed by atoms with Gasteiger partial charge in [0.2, 0.25) is 5.95 Å². The molecule has 0 saturated carbocycles. The highest BCUT2D eigenvalue weighted by Gasteiger charge is 2.24. The number of rotatable bonds is 12. The molecule has 0 radical (unpaired) electrons. The van der Waals surface area contributed by atoms with Crippen molar-refractivity contribution in [3.8, 4) is 5.75 Å². The van der Waals surface area contributed by atoms with Crippen molar-refractivity contribution in [2.75, 3.05) is 22.7 Å². The smallest absolute Gasteiger partial charge is 0.330 e. The first-order valence-electron chi connectivity index (χ1n) is 15.6. The molecule has 0 saturated heterocycles. The Labute approximate surface area is 323 Å². The molecule has 12 nitrogen and oxygen atoms in total. The number of carbonyl (C=O) groups excluding carboxylic acids is 1. The lowest BCUT2D eigenvalue weighted by molar-refractivity contribution is -0.137. The summed E-state index contributed by atoms with van der Waals surface area (Å²) in [7, 11) is -8.56. The summed E-state index contributed by atoms with van der Waals surface area (Å²) in [6.07, 6.45) is 1.39. The van der Waals surface area contributed by atoms with Crippen LogP contribution in [0.4, 0.5) is 37.8 Å². The summed E-state index contributed by atoms with van der Waals surface area (Å²) >= 11 is 11.7. The molecule has 4 N–H and O–H groups in total. The summed E-state index contributed by atoms with van der Waals surface area (Å²) < 4.78 is 144. The van der Waals surface area contributed by atoms with E-state index in [9.17, 15) is 48.0 Å². The third-order valence-corrected chi connectivity index (χ3v) is 10.5. The van der Waals surface area contributed by atoms with Gasteiger partial charge in [0, 0.05) is 68.0 Å². The lowest BCUT2D eigenvalue weighted by Crippen LogP contribution is -2.15. The van der Waals surface area contributed by atoms with E-state index >= 15 is 0 Å². The number of anilines is 2. The number of pyridine rings is 1. The van der Waals surface area contributed by atoms with Crippen molar-refractivity contribution >= 4 is 88.6 Å². The quantitative estimate of drug-likeness (QED) is 0.0411. The molecule has 0 bridgehead atoms. The van der Waals surface area contributed by atoms with Crippen LogP contribution in [0, 0.1) is 23.4 Å². The zero-order chi connectivity index (χ0) is 40.9. The minimum atomic E-state index is -4.28. The second-order valence-electron chi connectivity index (χ2n) is 11.1. The van der Waals surface area contributed by atoms with Gasteiger partial charge < -0.3 is 19.4 Å². The van der Waals surface area contributed by atoms with Gasteiger partial charge in [-0.2, -0.15) is 9.37 Å². The van der Waals surface area contributed by atoms with E-state index < -0.39 is 79.7 Å². The number of ether oxygens (including phenoxy) is 2. The van der Waals surface area contributed by atoms with Crippen molar-refractivity contribution in [1.82, 2.24) is 15.0 Å². The van der Waals surface area contributed by atoms with Gasteiger partial charge in [0.05, 0.1) is 12.3 Å². The zero-order valence-corrected chi connectivity index (χ0v) is 31.3. The van der Waals surface area contributed by atoms with E-state index in [4.69, 9.17) is 23.2 Å². The van der Waals surface area contributed by atoms with E-state index in [1.807, 2.05) is 9.44 Å². The van der Waals surface area contributed by atoms with Crippen molar-refractivity contribution in [1.29, 1.82) is 0 Å². The van der Waals surface area contributed by atoms with Crippen LogP contribution in [0.5, 0.6) is 5.75 Å². The highest BCUT2D eigenvalue weighted by atomic mass is 35.5. The van der Waals surface area contributed by atoms with Crippen LogP contribution in [0.15, 0.2) is 82.9 Å². The molecule has 0 unspecified atom stereocenters. The number of hydrogen-bond acceptors (Lipinski definition) is 8. The lowest BCUT2D eigenvalue weighted by Gasteiger charge is -2.11. The van der Waals surface area contributed by atoms with Gasteiger partial charge in [-0.15, -0.1) is 0 Å².